The van der Waals surface area contributed by atoms with Gasteiger partial charge in [-0.1, -0.05) is 91.0 Å². The van der Waals surface area contributed by atoms with Crippen LogP contribution in [0.3, 0.4) is 0 Å². The van der Waals surface area contributed by atoms with E-state index < -0.39 is 0 Å². The highest BCUT2D eigenvalue weighted by Gasteiger charge is 2.22. The number of fused-ring (bicyclic) bond motifs is 8. The van der Waals surface area contributed by atoms with Crippen LogP contribution in [-0.2, 0) is 0 Å². The van der Waals surface area contributed by atoms with Crippen LogP contribution in [-0.4, -0.2) is 4.98 Å². The molecule has 9 aromatic rings. The minimum atomic E-state index is 0.880. The van der Waals surface area contributed by atoms with E-state index in [0.717, 1.165) is 76.9 Å². The van der Waals surface area contributed by atoms with Crippen molar-refractivity contribution < 1.29 is 8.83 Å². The Morgan fingerprint density at radius 2 is 0.850 bits per heavy atom. The lowest BCUT2D eigenvalue weighted by Gasteiger charge is -2.18. The average molecular weight is 512 g/mol. The van der Waals surface area contributed by atoms with Gasteiger partial charge >= 0.3 is 0 Å². The Balaban J connectivity index is 1.49. The second-order valence-electron chi connectivity index (χ2n) is 10.2. The van der Waals surface area contributed by atoms with Crippen LogP contribution in [0.5, 0.6) is 0 Å². The van der Waals surface area contributed by atoms with E-state index in [1.54, 1.807) is 0 Å². The molecule has 186 valence electrons. The summed E-state index contributed by atoms with van der Waals surface area (Å²) in [4.78, 5) is 5.04. The zero-order valence-corrected chi connectivity index (χ0v) is 21.4. The predicted octanol–water partition coefficient (Wildman–Crippen LogP) is 10.5. The lowest BCUT2D eigenvalue weighted by Crippen LogP contribution is -1.93. The van der Waals surface area contributed by atoms with Crippen LogP contribution in [0.15, 0.2) is 136 Å². The van der Waals surface area contributed by atoms with Crippen molar-refractivity contribution in [2.45, 2.75) is 0 Å². The summed E-state index contributed by atoms with van der Waals surface area (Å²) in [5, 5.41) is 7.92. The number of hydrogen-bond acceptors (Lipinski definition) is 3. The molecule has 0 bridgehead atoms. The van der Waals surface area contributed by atoms with Gasteiger partial charge in [-0.2, -0.15) is 0 Å². The van der Waals surface area contributed by atoms with Gasteiger partial charge in [0.1, 0.15) is 22.3 Å². The van der Waals surface area contributed by atoms with Crippen LogP contribution in [0, 0.1) is 0 Å². The first-order valence-electron chi connectivity index (χ1n) is 13.5. The summed E-state index contributed by atoms with van der Waals surface area (Å²) in [6.07, 6.45) is 1.89. The molecule has 40 heavy (non-hydrogen) atoms. The van der Waals surface area contributed by atoms with Gasteiger partial charge in [0.05, 0.1) is 5.52 Å². The van der Waals surface area contributed by atoms with E-state index in [1.165, 1.54) is 10.9 Å². The molecule has 0 aliphatic heterocycles. The van der Waals surface area contributed by atoms with E-state index in [2.05, 4.69) is 91.0 Å². The summed E-state index contributed by atoms with van der Waals surface area (Å²) >= 11 is 0. The van der Waals surface area contributed by atoms with Crippen LogP contribution in [0.1, 0.15) is 0 Å². The topological polar surface area (TPSA) is 39.2 Å². The monoisotopic (exact) mass is 511 g/mol. The number of nitrogens with zero attached hydrogens (tertiary/aromatic N) is 1. The van der Waals surface area contributed by atoms with Crippen molar-refractivity contribution in [1.29, 1.82) is 0 Å². The van der Waals surface area contributed by atoms with Crippen LogP contribution in [0.25, 0.3) is 87.8 Å². The summed E-state index contributed by atoms with van der Waals surface area (Å²) in [7, 11) is 0. The number of furan rings is 2. The summed E-state index contributed by atoms with van der Waals surface area (Å²) in [6, 6.07) is 42.1. The number of pyridine rings is 1. The van der Waals surface area contributed by atoms with Crippen molar-refractivity contribution in [3.05, 3.63) is 128 Å². The first-order chi connectivity index (χ1) is 19.9. The maximum absolute atomic E-state index is 6.29. The maximum Gasteiger partial charge on any atom is 0.136 e. The summed E-state index contributed by atoms with van der Waals surface area (Å²) in [6.45, 7) is 0. The minimum absolute atomic E-state index is 0.880. The highest BCUT2D eigenvalue weighted by molar-refractivity contribution is 6.27. The van der Waals surface area contributed by atoms with E-state index in [0.29, 0.717) is 0 Å². The molecular formula is C37H21NO2. The van der Waals surface area contributed by atoms with Crippen molar-refractivity contribution >= 4 is 65.6 Å². The smallest absolute Gasteiger partial charge is 0.136 e. The first kappa shape index (κ1) is 21.5. The van der Waals surface area contributed by atoms with Gasteiger partial charge < -0.3 is 8.83 Å². The molecule has 6 aromatic carbocycles. The van der Waals surface area contributed by atoms with Gasteiger partial charge in [0.25, 0.3) is 0 Å². The van der Waals surface area contributed by atoms with Crippen LogP contribution in [0.2, 0.25) is 0 Å². The SMILES string of the molecule is c1ccc2c(c1)oc1cccc(-c3c4ccccc4c(-c4cccc5oc6ccccc6c45)c4ncccc34)c12. The fourth-order valence-corrected chi connectivity index (χ4v) is 6.53. The fourth-order valence-electron chi connectivity index (χ4n) is 6.53. The number of rotatable bonds is 2. The Bertz CT molecular complexity index is 2220. The van der Waals surface area contributed by atoms with Gasteiger partial charge in [0.2, 0.25) is 0 Å². The van der Waals surface area contributed by atoms with Crippen LogP contribution < -0.4 is 0 Å². The number of benzene rings is 6. The number of aromatic nitrogens is 1. The van der Waals surface area contributed by atoms with E-state index >= 15 is 0 Å². The van der Waals surface area contributed by atoms with Crippen molar-refractivity contribution in [2.24, 2.45) is 0 Å². The molecule has 3 heteroatoms. The van der Waals surface area contributed by atoms with Gasteiger partial charge in [-0.25, -0.2) is 0 Å². The summed E-state index contributed by atoms with van der Waals surface area (Å²) < 4.78 is 12.6. The molecule has 0 aliphatic rings. The highest BCUT2D eigenvalue weighted by atomic mass is 16.3. The third-order valence-corrected chi connectivity index (χ3v) is 8.12. The Kier molecular flexibility index (Phi) is 4.33. The molecule has 0 aliphatic carbocycles. The molecule has 0 saturated carbocycles. The fraction of sp³-hybridized carbons (Fsp3) is 0. The maximum atomic E-state index is 6.29. The second kappa shape index (κ2) is 8.05. The Labute approximate surface area is 228 Å². The average Bonchev–Trinajstić information content (AvgIpc) is 3.58. The standard InChI is InChI=1S/C37H21NO2/c1-2-11-23-22(10-1)33(26-14-7-19-31-34(26)24-12-3-5-17-29(24)39-31)28-16-9-21-38-37(28)36(23)27-15-8-20-32-35(27)25-13-4-6-18-30(25)40-32/h1-21H. The van der Waals surface area contributed by atoms with Crippen LogP contribution >= 0.6 is 0 Å². The van der Waals surface area contributed by atoms with Gasteiger partial charge in [-0.05, 0) is 57.8 Å². The Morgan fingerprint density at radius 1 is 0.375 bits per heavy atom. The molecule has 0 saturated heterocycles. The Hall–Kier alpha value is -5.41. The molecular weight excluding hydrogens is 490 g/mol. The molecule has 0 spiro atoms. The Morgan fingerprint density at radius 3 is 1.48 bits per heavy atom. The van der Waals surface area contributed by atoms with E-state index in [1.807, 2.05) is 36.5 Å². The molecule has 0 atom stereocenters. The predicted molar refractivity (Wildman–Crippen MR) is 165 cm³/mol. The molecule has 0 radical (unpaired) electrons. The van der Waals surface area contributed by atoms with Crippen molar-refractivity contribution in [3.8, 4) is 22.3 Å². The largest absolute Gasteiger partial charge is 0.456 e. The van der Waals surface area contributed by atoms with Crippen LogP contribution in [0.4, 0.5) is 0 Å². The highest BCUT2D eigenvalue weighted by Crippen LogP contribution is 2.48. The molecule has 0 amide bonds. The van der Waals surface area contributed by atoms with Crippen molar-refractivity contribution in [3.63, 3.8) is 0 Å². The molecule has 3 nitrogen and oxygen atoms in total. The first-order valence-corrected chi connectivity index (χ1v) is 13.5. The van der Waals surface area contributed by atoms with Gasteiger partial charge in [0, 0.05) is 38.7 Å². The summed E-state index contributed by atoms with van der Waals surface area (Å²) in [5.74, 6) is 0. The van der Waals surface area contributed by atoms with Gasteiger partial charge in [-0.15, -0.1) is 0 Å². The van der Waals surface area contributed by atoms with E-state index in [-0.39, 0.29) is 0 Å². The minimum Gasteiger partial charge on any atom is -0.456 e. The molecule has 0 unspecified atom stereocenters. The normalized spacial score (nSPS) is 12.0. The molecule has 3 heterocycles. The van der Waals surface area contributed by atoms with Crippen molar-refractivity contribution in [2.75, 3.05) is 0 Å². The molecule has 3 aromatic heterocycles. The zero-order valence-electron chi connectivity index (χ0n) is 21.4. The third-order valence-electron chi connectivity index (χ3n) is 8.12. The molecule has 9 rings (SSSR count). The lowest BCUT2D eigenvalue weighted by atomic mass is 9.86. The lowest BCUT2D eigenvalue weighted by molar-refractivity contribution is 0.668. The van der Waals surface area contributed by atoms with E-state index in [9.17, 15) is 0 Å². The quantitative estimate of drug-likeness (QED) is 0.217. The van der Waals surface area contributed by atoms with E-state index in [4.69, 9.17) is 13.8 Å². The zero-order chi connectivity index (χ0) is 26.2. The number of hydrogen-bond donors (Lipinski definition) is 0. The van der Waals surface area contributed by atoms with Crippen molar-refractivity contribution in [1.82, 2.24) is 4.98 Å². The molecule has 0 N–H and O–H groups in total. The van der Waals surface area contributed by atoms with Gasteiger partial charge in [0.15, 0.2) is 0 Å². The number of para-hydroxylation sites is 2. The second-order valence-corrected chi connectivity index (χ2v) is 10.2. The van der Waals surface area contributed by atoms with Gasteiger partial charge in [-0.3, -0.25) is 4.98 Å². The molecule has 0 fully saturated rings. The summed E-state index contributed by atoms with van der Waals surface area (Å²) in [5.41, 5.74) is 9.09. The third kappa shape index (κ3) is 2.86.